The van der Waals surface area contributed by atoms with Crippen molar-refractivity contribution in [2.24, 2.45) is 0 Å². The molecule has 0 saturated heterocycles. The number of aryl methyl sites for hydroxylation is 2. The zero-order chi connectivity index (χ0) is 15.4. The minimum absolute atomic E-state index is 0.399. The first-order chi connectivity index (χ1) is 10.0. The molecule has 0 aliphatic rings. The van der Waals surface area contributed by atoms with Gasteiger partial charge in [0.2, 0.25) is 0 Å². The molecule has 0 saturated carbocycles. The van der Waals surface area contributed by atoms with Crippen molar-refractivity contribution in [1.82, 2.24) is 0 Å². The molecule has 2 rings (SSSR count). The Hall–Kier alpha value is -2.49. The summed E-state index contributed by atoms with van der Waals surface area (Å²) < 4.78 is 10.4. The van der Waals surface area contributed by atoms with Gasteiger partial charge in [0.1, 0.15) is 12.4 Å². The largest absolute Gasteiger partial charge is 0.487 e. The van der Waals surface area contributed by atoms with Gasteiger partial charge in [-0.25, -0.2) is 4.79 Å². The Kier molecular flexibility index (Phi) is 4.48. The number of hydrogen-bond acceptors (Lipinski definition) is 4. The van der Waals surface area contributed by atoms with Gasteiger partial charge in [0.25, 0.3) is 0 Å². The van der Waals surface area contributed by atoms with Crippen LogP contribution < -0.4 is 10.5 Å². The van der Waals surface area contributed by atoms with Gasteiger partial charge in [-0.1, -0.05) is 18.2 Å². The summed E-state index contributed by atoms with van der Waals surface area (Å²) in [6, 6.07) is 11.0. The molecule has 0 amide bonds. The predicted molar refractivity (Wildman–Crippen MR) is 82.4 cm³/mol. The summed E-state index contributed by atoms with van der Waals surface area (Å²) >= 11 is 0. The van der Waals surface area contributed by atoms with E-state index in [1.54, 1.807) is 18.2 Å². The molecule has 0 fully saturated rings. The lowest BCUT2D eigenvalue weighted by Gasteiger charge is -2.11. The summed E-state index contributed by atoms with van der Waals surface area (Å²) in [6.45, 7) is 4.53. The third-order valence-electron chi connectivity index (χ3n) is 3.40. The highest BCUT2D eigenvalue weighted by atomic mass is 16.5. The fraction of sp³-hybridized carbons (Fsp3) is 0.235. The third-order valence-corrected chi connectivity index (χ3v) is 3.40. The number of esters is 1. The minimum Gasteiger partial charge on any atom is -0.487 e. The van der Waals surface area contributed by atoms with Crippen molar-refractivity contribution in [2.45, 2.75) is 20.5 Å². The second-order valence-corrected chi connectivity index (χ2v) is 4.95. The number of nitrogen functional groups attached to an aromatic ring is 1. The maximum absolute atomic E-state index is 11.5. The molecule has 0 unspecified atom stereocenters. The van der Waals surface area contributed by atoms with Gasteiger partial charge < -0.3 is 15.2 Å². The molecule has 0 aromatic heterocycles. The molecule has 0 aliphatic carbocycles. The van der Waals surface area contributed by atoms with E-state index < -0.39 is 5.97 Å². The van der Waals surface area contributed by atoms with E-state index in [0.29, 0.717) is 23.6 Å². The van der Waals surface area contributed by atoms with Crippen LogP contribution in [-0.4, -0.2) is 13.1 Å². The van der Waals surface area contributed by atoms with E-state index in [9.17, 15) is 4.79 Å². The van der Waals surface area contributed by atoms with E-state index in [4.69, 9.17) is 10.5 Å². The topological polar surface area (TPSA) is 61.5 Å². The van der Waals surface area contributed by atoms with E-state index in [1.807, 2.05) is 6.07 Å². The Bertz CT molecular complexity index is 665. The Morgan fingerprint density at radius 3 is 2.52 bits per heavy atom. The molecular formula is C17H19NO3. The molecule has 0 atom stereocenters. The van der Waals surface area contributed by atoms with Gasteiger partial charge in [-0.05, 0) is 48.7 Å². The summed E-state index contributed by atoms with van der Waals surface area (Å²) in [5.41, 5.74) is 10.3. The van der Waals surface area contributed by atoms with Crippen LogP contribution in [0.1, 0.15) is 27.0 Å². The fourth-order valence-corrected chi connectivity index (χ4v) is 1.96. The Balaban J connectivity index is 2.15. The lowest BCUT2D eigenvalue weighted by Crippen LogP contribution is -2.04. The van der Waals surface area contributed by atoms with E-state index in [1.165, 1.54) is 18.2 Å². The highest BCUT2D eigenvalue weighted by Gasteiger charge is 2.09. The second kappa shape index (κ2) is 6.31. The molecule has 0 spiro atoms. The number of ether oxygens (including phenoxy) is 2. The maximum Gasteiger partial charge on any atom is 0.337 e. The van der Waals surface area contributed by atoms with Crippen molar-refractivity contribution >= 4 is 11.7 Å². The summed E-state index contributed by atoms with van der Waals surface area (Å²) in [4.78, 5) is 11.5. The van der Waals surface area contributed by atoms with Crippen molar-refractivity contribution in [3.05, 3.63) is 58.7 Å². The van der Waals surface area contributed by atoms with E-state index in [-0.39, 0.29) is 0 Å². The molecule has 21 heavy (non-hydrogen) atoms. The average Bonchev–Trinajstić information content (AvgIpc) is 2.49. The van der Waals surface area contributed by atoms with Crippen LogP contribution in [0.5, 0.6) is 5.75 Å². The molecule has 2 N–H and O–H groups in total. The zero-order valence-corrected chi connectivity index (χ0v) is 12.5. The molecule has 0 aliphatic heterocycles. The Morgan fingerprint density at radius 1 is 1.10 bits per heavy atom. The fourth-order valence-electron chi connectivity index (χ4n) is 1.96. The number of hydrogen-bond donors (Lipinski definition) is 1. The molecule has 4 heteroatoms. The SMILES string of the molecule is COC(=O)c1ccc(N)c(OCc2ccc(C)c(C)c2)c1. The van der Waals surface area contributed by atoms with Crippen molar-refractivity contribution in [1.29, 1.82) is 0 Å². The lowest BCUT2D eigenvalue weighted by atomic mass is 10.1. The van der Waals surface area contributed by atoms with Gasteiger partial charge >= 0.3 is 5.97 Å². The maximum atomic E-state index is 11.5. The average molecular weight is 285 g/mol. The van der Waals surface area contributed by atoms with E-state index >= 15 is 0 Å². The predicted octanol–water partition coefficient (Wildman–Crippen LogP) is 3.25. The number of benzene rings is 2. The molecule has 4 nitrogen and oxygen atoms in total. The van der Waals surface area contributed by atoms with E-state index in [0.717, 1.165) is 5.56 Å². The lowest BCUT2D eigenvalue weighted by molar-refractivity contribution is 0.0600. The third kappa shape index (κ3) is 3.54. The monoisotopic (exact) mass is 285 g/mol. The van der Waals surface area contributed by atoms with Crippen LogP contribution in [-0.2, 0) is 11.3 Å². The van der Waals surface area contributed by atoms with Gasteiger partial charge in [-0.15, -0.1) is 0 Å². The first-order valence-corrected chi connectivity index (χ1v) is 6.68. The van der Waals surface area contributed by atoms with Gasteiger partial charge in [0, 0.05) is 0 Å². The highest BCUT2D eigenvalue weighted by Crippen LogP contribution is 2.24. The van der Waals surface area contributed by atoms with Crippen molar-refractivity contribution in [3.63, 3.8) is 0 Å². The van der Waals surface area contributed by atoms with Crippen LogP contribution in [0.15, 0.2) is 36.4 Å². The molecule has 0 bridgehead atoms. The normalized spacial score (nSPS) is 10.2. The number of nitrogens with two attached hydrogens (primary N) is 1. The molecule has 0 radical (unpaired) electrons. The van der Waals surface area contributed by atoms with Crippen LogP contribution in [0, 0.1) is 13.8 Å². The van der Waals surface area contributed by atoms with Crippen LogP contribution in [0.4, 0.5) is 5.69 Å². The number of rotatable bonds is 4. The molecular weight excluding hydrogens is 266 g/mol. The van der Waals surface area contributed by atoms with Gasteiger partial charge in [0.05, 0.1) is 18.4 Å². The zero-order valence-electron chi connectivity index (χ0n) is 12.5. The van der Waals surface area contributed by atoms with E-state index in [2.05, 4.69) is 30.7 Å². The van der Waals surface area contributed by atoms with Gasteiger partial charge in [-0.3, -0.25) is 0 Å². The summed E-state index contributed by atoms with van der Waals surface area (Å²) in [5, 5.41) is 0. The first kappa shape index (κ1) is 14.9. The first-order valence-electron chi connectivity index (χ1n) is 6.68. The number of methoxy groups -OCH3 is 1. The summed E-state index contributed by atoms with van der Waals surface area (Å²) in [7, 11) is 1.34. The Morgan fingerprint density at radius 2 is 1.86 bits per heavy atom. The molecule has 0 heterocycles. The molecule has 2 aromatic carbocycles. The van der Waals surface area contributed by atoms with Crippen molar-refractivity contribution < 1.29 is 14.3 Å². The summed E-state index contributed by atoms with van der Waals surface area (Å²) in [5.74, 6) is 0.0714. The highest BCUT2D eigenvalue weighted by molar-refractivity contribution is 5.90. The summed E-state index contributed by atoms with van der Waals surface area (Å²) in [6.07, 6.45) is 0. The van der Waals surface area contributed by atoms with Crippen LogP contribution in [0.25, 0.3) is 0 Å². The second-order valence-electron chi connectivity index (χ2n) is 4.95. The Labute approximate surface area is 124 Å². The smallest absolute Gasteiger partial charge is 0.337 e. The number of carbonyl (C=O) groups is 1. The van der Waals surface area contributed by atoms with Gasteiger partial charge in [0.15, 0.2) is 0 Å². The number of carbonyl (C=O) groups excluding carboxylic acids is 1. The van der Waals surface area contributed by atoms with Gasteiger partial charge in [-0.2, -0.15) is 0 Å². The molecule has 110 valence electrons. The standard InChI is InChI=1S/C17H19NO3/c1-11-4-5-13(8-12(11)2)10-21-16-9-14(17(19)20-3)6-7-15(16)18/h4-9H,10,18H2,1-3H3. The van der Waals surface area contributed by atoms with Crippen LogP contribution in [0.3, 0.4) is 0 Å². The van der Waals surface area contributed by atoms with Crippen molar-refractivity contribution in [2.75, 3.05) is 12.8 Å². The quantitative estimate of drug-likeness (QED) is 0.692. The van der Waals surface area contributed by atoms with Crippen LogP contribution >= 0.6 is 0 Å². The van der Waals surface area contributed by atoms with Crippen LogP contribution in [0.2, 0.25) is 0 Å². The number of anilines is 1. The molecule has 2 aromatic rings. The van der Waals surface area contributed by atoms with Crippen molar-refractivity contribution in [3.8, 4) is 5.75 Å². The minimum atomic E-state index is -0.411.